The molecular formula is C18H31N5. The average molecular weight is 317 g/mol. The molecule has 1 fully saturated rings. The number of imidazole rings is 1. The Morgan fingerprint density at radius 1 is 1.26 bits per heavy atom. The average Bonchev–Trinajstić information content (AvgIpc) is 2.98. The molecule has 1 aromatic rings. The lowest BCUT2D eigenvalue weighted by Crippen LogP contribution is -2.44. The number of aryl methyl sites for hydroxylation is 2. The van der Waals surface area contributed by atoms with E-state index in [0.29, 0.717) is 6.04 Å². The number of nitrogens with zero attached hydrogens (tertiary/aromatic N) is 3. The molecule has 23 heavy (non-hydrogen) atoms. The fourth-order valence-corrected chi connectivity index (χ4v) is 3.63. The van der Waals surface area contributed by atoms with Gasteiger partial charge in [-0.25, -0.2) is 4.98 Å². The highest BCUT2D eigenvalue weighted by Crippen LogP contribution is 2.17. The first kappa shape index (κ1) is 16.3. The zero-order valence-corrected chi connectivity index (χ0v) is 14.5. The van der Waals surface area contributed by atoms with Crippen LogP contribution in [0.2, 0.25) is 0 Å². The monoisotopic (exact) mass is 317 g/mol. The molecule has 128 valence electrons. The molecule has 0 unspecified atom stereocenters. The maximum Gasteiger partial charge on any atom is 0.191 e. The van der Waals surface area contributed by atoms with Crippen LogP contribution < -0.4 is 10.6 Å². The molecule has 1 aromatic heterocycles. The minimum Gasteiger partial charge on any atom is -0.357 e. The number of fused-ring (bicyclic) bond motifs is 1. The van der Waals surface area contributed by atoms with Gasteiger partial charge in [-0.15, -0.1) is 0 Å². The van der Waals surface area contributed by atoms with Gasteiger partial charge in [0.05, 0.1) is 5.69 Å². The summed E-state index contributed by atoms with van der Waals surface area (Å²) in [6.45, 7) is 4.98. The number of aromatic nitrogens is 2. The van der Waals surface area contributed by atoms with Gasteiger partial charge in [-0.3, -0.25) is 4.99 Å². The molecule has 1 aliphatic heterocycles. The summed E-state index contributed by atoms with van der Waals surface area (Å²) in [5, 5.41) is 6.98. The molecule has 1 aliphatic carbocycles. The van der Waals surface area contributed by atoms with Crippen molar-refractivity contribution in [1.82, 2.24) is 20.2 Å². The zero-order valence-electron chi connectivity index (χ0n) is 14.5. The van der Waals surface area contributed by atoms with Gasteiger partial charge in [0.2, 0.25) is 0 Å². The molecule has 1 saturated carbocycles. The van der Waals surface area contributed by atoms with Gasteiger partial charge in [-0.1, -0.05) is 19.3 Å². The minimum atomic E-state index is 0.599. The molecule has 0 aromatic carbocycles. The Kier molecular flexibility index (Phi) is 5.94. The van der Waals surface area contributed by atoms with Gasteiger partial charge >= 0.3 is 0 Å². The number of guanidine groups is 1. The van der Waals surface area contributed by atoms with E-state index < -0.39 is 0 Å². The summed E-state index contributed by atoms with van der Waals surface area (Å²) < 4.78 is 2.33. The molecule has 2 aliphatic rings. The summed E-state index contributed by atoms with van der Waals surface area (Å²) in [6, 6.07) is 0.599. The van der Waals surface area contributed by atoms with Crippen LogP contribution in [0.1, 0.15) is 63.4 Å². The van der Waals surface area contributed by atoms with E-state index in [0.717, 1.165) is 38.4 Å². The highest BCUT2D eigenvalue weighted by molar-refractivity contribution is 5.80. The molecule has 0 radical (unpaired) electrons. The first-order valence-electron chi connectivity index (χ1n) is 9.45. The number of hydrogen-bond acceptors (Lipinski definition) is 2. The smallest absolute Gasteiger partial charge is 0.191 e. The Bertz CT molecular complexity index is 490. The summed E-state index contributed by atoms with van der Waals surface area (Å²) in [5.74, 6) is 2.24. The molecule has 0 spiro atoms. The zero-order chi connectivity index (χ0) is 15.9. The van der Waals surface area contributed by atoms with Crippen LogP contribution >= 0.6 is 0 Å². The van der Waals surface area contributed by atoms with Gasteiger partial charge < -0.3 is 15.2 Å². The van der Waals surface area contributed by atoms with Crippen molar-refractivity contribution >= 4 is 5.96 Å². The van der Waals surface area contributed by atoms with Crippen LogP contribution in [0.3, 0.4) is 0 Å². The lowest BCUT2D eigenvalue weighted by molar-refractivity contribution is 0.410. The number of rotatable bonds is 5. The summed E-state index contributed by atoms with van der Waals surface area (Å²) in [5.41, 5.74) is 1.19. The normalized spacial score (nSPS) is 19.4. The van der Waals surface area contributed by atoms with Gasteiger partial charge in [0.1, 0.15) is 5.82 Å². The molecular weight excluding hydrogens is 286 g/mol. The second-order valence-electron chi connectivity index (χ2n) is 6.79. The quantitative estimate of drug-likeness (QED) is 0.648. The first-order chi connectivity index (χ1) is 11.3. The van der Waals surface area contributed by atoms with E-state index in [-0.39, 0.29) is 0 Å². The second-order valence-corrected chi connectivity index (χ2v) is 6.79. The van der Waals surface area contributed by atoms with Crippen LogP contribution in [-0.2, 0) is 19.4 Å². The Labute approximate surface area is 140 Å². The SMILES string of the molecule is CCNC(=NCCc1cn2c(n1)CCCC2)NC1CCCCC1. The van der Waals surface area contributed by atoms with Crippen LogP contribution in [0.4, 0.5) is 0 Å². The van der Waals surface area contributed by atoms with E-state index in [4.69, 9.17) is 9.98 Å². The van der Waals surface area contributed by atoms with Crippen molar-refractivity contribution in [2.45, 2.75) is 77.3 Å². The van der Waals surface area contributed by atoms with E-state index in [1.807, 2.05) is 0 Å². The predicted molar refractivity (Wildman–Crippen MR) is 94.9 cm³/mol. The molecule has 0 atom stereocenters. The van der Waals surface area contributed by atoms with E-state index in [1.165, 1.54) is 56.5 Å². The van der Waals surface area contributed by atoms with Crippen molar-refractivity contribution in [3.63, 3.8) is 0 Å². The van der Waals surface area contributed by atoms with Gasteiger partial charge in [-0.05, 0) is 32.6 Å². The third-order valence-electron chi connectivity index (χ3n) is 4.89. The number of hydrogen-bond donors (Lipinski definition) is 2. The van der Waals surface area contributed by atoms with Crippen LogP contribution in [-0.4, -0.2) is 34.6 Å². The molecule has 5 heteroatoms. The van der Waals surface area contributed by atoms with Crippen LogP contribution in [0, 0.1) is 0 Å². The Morgan fingerprint density at radius 3 is 2.91 bits per heavy atom. The molecule has 2 heterocycles. The third-order valence-corrected chi connectivity index (χ3v) is 4.89. The van der Waals surface area contributed by atoms with Crippen molar-refractivity contribution < 1.29 is 0 Å². The Balaban J connectivity index is 1.51. The Morgan fingerprint density at radius 2 is 2.13 bits per heavy atom. The number of aliphatic imine (C=N–C) groups is 1. The van der Waals surface area contributed by atoms with Gasteiger partial charge in [0.15, 0.2) is 5.96 Å². The van der Waals surface area contributed by atoms with Crippen molar-refractivity contribution in [3.8, 4) is 0 Å². The lowest BCUT2D eigenvalue weighted by atomic mass is 9.96. The topological polar surface area (TPSA) is 54.2 Å². The maximum absolute atomic E-state index is 4.76. The van der Waals surface area contributed by atoms with Crippen molar-refractivity contribution in [3.05, 3.63) is 17.7 Å². The molecule has 0 amide bonds. The molecule has 0 saturated heterocycles. The van der Waals surface area contributed by atoms with Gasteiger partial charge in [0.25, 0.3) is 0 Å². The second kappa shape index (κ2) is 8.37. The van der Waals surface area contributed by atoms with E-state index in [9.17, 15) is 0 Å². The number of nitrogens with one attached hydrogen (secondary N) is 2. The third kappa shape index (κ3) is 4.72. The van der Waals surface area contributed by atoms with E-state index >= 15 is 0 Å². The maximum atomic E-state index is 4.76. The summed E-state index contributed by atoms with van der Waals surface area (Å²) >= 11 is 0. The summed E-state index contributed by atoms with van der Waals surface area (Å²) in [4.78, 5) is 9.52. The molecule has 2 N–H and O–H groups in total. The van der Waals surface area contributed by atoms with Crippen LogP contribution in [0.5, 0.6) is 0 Å². The summed E-state index contributed by atoms with van der Waals surface area (Å²) in [6.07, 6.45) is 13.5. The molecule has 3 rings (SSSR count). The highest BCUT2D eigenvalue weighted by Gasteiger charge is 2.15. The molecule has 5 nitrogen and oxygen atoms in total. The first-order valence-corrected chi connectivity index (χ1v) is 9.45. The standard InChI is InChI=1S/C18H31N5/c1-2-19-18(22-15-8-4-3-5-9-15)20-12-11-16-14-23-13-7-6-10-17(23)21-16/h14-15H,2-13H2,1H3,(H2,19,20,22). The Hall–Kier alpha value is -1.52. The minimum absolute atomic E-state index is 0.599. The van der Waals surface area contributed by atoms with Crippen molar-refractivity contribution in [2.75, 3.05) is 13.1 Å². The summed E-state index contributed by atoms with van der Waals surface area (Å²) in [7, 11) is 0. The van der Waals surface area contributed by atoms with Crippen molar-refractivity contribution in [2.24, 2.45) is 4.99 Å². The highest BCUT2D eigenvalue weighted by atomic mass is 15.2. The van der Waals surface area contributed by atoms with Gasteiger partial charge in [0, 0.05) is 44.7 Å². The van der Waals surface area contributed by atoms with E-state index in [1.54, 1.807) is 0 Å². The van der Waals surface area contributed by atoms with Crippen LogP contribution in [0.25, 0.3) is 0 Å². The fraction of sp³-hybridized carbons (Fsp3) is 0.778. The van der Waals surface area contributed by atoms with Crippen LogP contribution in [0.15, 0.2) is 11.2 Å². The van der Waals surface area contributed by atoms with Gasteiger partial charge in [-0.2, -0.15) is 0 Å². The lowest BCUT2D eigenvalue weighted by Gasteiger charge is -2.24. The molecule has 0 bridgehead atoms. The van der Waals surface area contributed by atoms with E-state index in [2.05, 4.69) is 28.3 Å². The fourth-order valence-electron chi connectivity index (χ4n) is 3.63. The predicted octanol–water partition coefficient (Wildman–Crippen LogP) is 2.65. The largest absolute Gasteiger partial charge is 0.357 e. The van der Waals surface area contributed by atoms with Crippen molar-refractivity contribution in [1.29, 1.82) is 0 Å².